The van der Waals surface area contributed by atoms with Gasteiger partial charge in [0.1, 0.15) is 5.82 Å². The van der Waals surface area contributed by atoms with E-state index in [0.29, 0.717) is 23.0 Å². The molecular formula is C11H16N4O. The van der Waals surface area contributed by atoms with Gasteiger partial charge >= 0.3 is 0 Å². The van der Waals surface area contributed by atoms with E-state index < -0.39 is 5.91 Å². The quantitative estimate of drug-likeness (QED) is 0.700. The number of amides is 1. The topological polar surface area (TPSA) is 94.0 Å². The molecule has 1 fully saturated rings. The Hall–Kier alpha value is -1.78. The highest BCUT2D eigenvalue weighted by atomic mass is 16.1. The maximum atomic E-state index is 11.2. The molecule has 1 saturated carbocycles. The molecule has 86 valence electrons. The Bertz CT molecular complexity index is 418. The van der Waals surface area contributed by atoms with Crippen molar-refractivity contribution < 1.29 is 4.79 Å². The first-order valence-corrected chi connectivity index (χ1v) is 5.37. The Morgan fingerprint density at radius 2 is 2.38 bits per heavy atom. The molecule has 0 saturated heterocycles. The number of nitrogens with zero attached hydrogens (tertiary/aromatic N) is 1. The van der Waals surface area contributed by atoms with Gasteiger partial charge in [-0.2, -0.15) is 0 Å². The van der Waals surface area contributed by atoms with E-state index in [9.17, 15) is 4.79 Å². The molecule has 1 heterocycles. The van der Waals surface area contributed by atoms with Crippen LogP contribution in [0, 0.1) is 11.8 Å². The molecule has 5 nitrogen and oxygen atoms in total. The van der Waals surface area contributed by atoms with Gasteiger partial charge in [-0.1, -0.05) is 6.92 Å². The second-order valence-electron chi connectivity index (χ2n) is 4.38. The Morgan fingerprint density at radius 1 is 1.69 bits per heavy atom. The van der Waals surface area contributed by atoms with Crippen molar-refractivity contribution in [1.82, 2.24) is 4.98 Å². The highest BCUT2D eigenvalue weighted by Crippen LogP contribution is 2.37. The van der Waals surface area contributed by atoms with Gasteiger partial charge in [0.15, 0.2) is 0 Å². The van der Waals surface area contributed by atoms with Crippen molar-refractivity contribution >= 4 is 17.4 Å². The van der Waals surface area contributed by atoms with Crippen LogP contribution in [0.1, 0.15) is 23.7 Å². The zero-order valence-electron chi connectivity index (χ0n) is 9.23. The van der Waals surface area contributed by atoms with Gasteiger partial charge in [-0.25, -0.2) is 4.98 Å². The van der Waals surface area contributed by atoms with E-state index in [0.717, 1.165) is 12.5 Å². The van der Waals surface area contributed by atoms with Gasteiger partial charge < -0.3 is 16.8 Å². The molecule has 1 aliphatic rings. The molecule has 1 aromatic rings. The molecule has 1 amide bonds. The van der Waals surface area contributed by atoms with Crippen LogP contribution in [0.15, 0.2) is 12.3 Å². The minimum atomic E-state index is -0.508. The average Bonchev–Trinajstić information content (AvgIpc) is 2.92. The summed E-state index contributed by atoms with van der Waals surface area (Å²) in [5.74, 6) is 1.46. The molecule has 0 spiro atoms. The normalized spacial score (nSPS) is 22.8. The predicted molar refractivity (Wildman–Crippen MR) is 62.9 cm³/mol. The summed E-state index contributed by atoms with van der Waals surface area (Å²) in [6, 6.07) is 1.55. The van der Waals surface area contributed by atoms with Crippen LogP contribution >= 0.6 is 0 Å². The molecule has 0 radical (unpaired) electrons. The third-order valence-corrected chi connectivity index (χ3v) is 2.98. The smallest absolute Gasteiger partial charge is 0.252 e. The third kappa shape index (κ3) is 2.24. The lowest BCUT2D eigenvalue weighted by Gasteiger charge is -2.09. The van der Waals surface area contributed by atoms with Gasteiger partial charge in [0.25, 0.3) is 5.91 Å². The summed E-state index contributed by atoms with van der Waals surface area (Å²) in [5, 5.41) is 3.15. The van der Waals surface area contributed by atoms with E-state index in [1.807, 2.05) is 0 Å². The van der Waals surface area contributed by atoms with Crippen molar-refractivity contribution in [2.75, 3.05) is 17.6 Å². The minimum Gasteiger partial charge on any atom is -0.397 e. The van der Waals surface area contributed by atoms with Crippen LogP contribution < -0.4 is 16.8 Å². The van der Waals surface area contributed by atoms with Crippen molar-refractivity contribution in [3.8, 4) is 0 Å². The minimum absolute atomic E-state index is 0.355. The molecule has 1 aromatic heterocycles. The summed E-state index contributed by atoms with van der Waals surface area (Å²) in [7, 11) is 0. The van der Waals surface area contributed by atoms with Crippen LogP contribution in [-0.4, -0.2) is 17.4 Å². The van der Waals surface area contributed by atoms with Crippen LogP contribution in [0.4, 0.5) is 11.5 Å². The van der Waals surface area contributed by atoms with Crippen LogP contribution in [0.3, 0.4) is 0 Å². The van der Waals surface area contributed by atoms with E-state index in [-0.39, 0.29) is 0 Å². The van der Waals surface area contributed by atoms with Crippen LogP contribution in [0.25, 0.3) is 0 Å². The molecule has 2 unspecified atom stereocenters. The van der Waals surface area contributed by atoms with Crippen molar-refractivity contribution in [1.29, 1.82) is 0 Å². The van der Waals surface area contributed by atoms with E-state index in [1.165, 1.54) is 12.6 Å². The van der Waals surface area contributed by atoms with Crippen LogP contribution in [0.5, 0.6) is 0 Å². The molecule has 16 heavy (non-hydrogen) atoms. The number of anilines is 2. The first kappa shape index (κ1) is 10.7. The summed E-state index contributed by atoms with van der Waals surface area (Å²) in [6.07, 6.45) is 2.75. The largest absolute Gasteiger partial charge is 0.397 e. The lowest BCUT2D eigenvalue weighted by molar-refractivity contribution is 0.100. The highest BCUT2D eigenvalue weighted by molar-refractivity contribution is 5.98. The first-order valence-electron chi connectivity index (χ1n) is 5.37. The Kier molecular flexibility index (Phi) is 2.68. The first-order chi connectivity index (χ1) is 7.58. The number of carbonyl (C=O) groups excluding carboxylic acids is 1. The Labute approximate surface area is 94.2 Å². The summed E-state index contributed by atoms with van der Waals surface area (Å²) in [6.45, 7) is 3.04. The van der Waals surface area contributed by atoms with E-state index in [1.54, 1.807) is 6.07 Å². The molecular weight excluding hydrogens is 204 g/mol. The van der Waals surface area contributed by atoms with Crippen LogP contribution in [-0.2, 0) is 0 Å². The Balaban J connectivity index is 2.09. The van der Waals surface area contributed by atoms with E-state index in [2.05, 4.69) is 17.2 Å². The van der Waals surface area contributed by atoms with Gasteiger partial charge in [0.05, 0.1) is 17.4 Å². The maximum absolute atomic E-state index is 11.2. The third-order valence-electron chi connectivity index (χ3n) is 2.98. The maximum Gasteiger partial charge on any atom is 0.252 e. The van der Waals surface area contributed by atoms with E-state index >= 15 is 0 Å². The summed E-state index contributed by atoms with van der Waals surface area (Å²) in [4.78, 5) is 15.3. The lowest BCUT2D eigenvalue weighted by atomic mass is 10.2. The van der Waals surface area contributed by atoms with Gasteiger partial charge in [0.2, 0.25) is 0 Å². The summed E-state index contributed by atoms with van der Waals surface area (Å²) >= 11 is 0. The van der Waals surface area contributed by atoms with Crippen molar-refractivity contribution in [2.45, 2.75) is 13.3 Å². The second kappa shape index (κ2) is 4.00. The second-order valence-corrected chi connectivity index (χ2v) is 4.38. The molecule has 5 N–H and O–H groups in total. The molecule has 1 aliphatic carbocycles. The SMILES string of the molecule is CC1CC1CNc1ncc(N)cc1C(N)=O. The molecule has 5 heteroatoms. The van der Waals surface area contributed by atoms with Gasteiger partial charge in [0, 0.05) is 6.54 Å². The number of rotatable bonds is 4. The monoisotopic (exact) mass is 220 g/mol. The number of nitrogens with two attached hydrogens (primary N) is 2. The number of carbonyl (C=O) groups is 1. The number of pyridine rings is 1. The number of hydrogen-bond acceptors (Lipinski definition) is 4. The molecule has 2 atom stereocenters. The highest BCUT2D eigenvalue weighted by Gasteiger charge is 2.32. The lowest BCUT2D eigenvalue weighted by Crippen LogP contribution is -2.17. The van der Waals surface area contributed by atoms with E-state index in [4.69, 9.17) is 11.5 Å². The number of nitrogen functional groups attached to an aromatic ring is 1. The fourth-order valence-electron chi connectivity index (χ4n) is 1.72. The summed E-state index contributed by atoms with van der Waals surface area (Å²) < 4.78 is 0. The molecule has 2 rings (SSSR count). The predicted octanol–water partition coefficient (Wildman–Crippen LogP) is 0.831. The Morgan fingerprint density at radius 3 is 2.94 bits per heavy atom. The number of hydrogen-bond donors (Lipinski definition) is 3. The van der Waals surface area contributed by atoms with Gasteiger partial charge in [-0.15, -0.1) is 0 Å². The van der Waals surface area contributed by atoms with Crippen LogP contribution in [0.2, 0.25) is 0 Å². The fraction of sp³-hybridized carbons (Fsp3) is 0.455. The van der Waals surface area contributed by atoms with Gasteiger partial charge in [-0.3, -0.25) is 4.79 Å². The van der Waals surface area contributed by atoms with Crippen molar-refractivity contribution in [3.63, 3.8) is 0 Å². The molecule has 0 aromatic carbocycles. The molecule has 0 bridgehead atoms. The van der Waals surface area contributed by atoms with Gasteiger partial charge in [-0.05, 0) is 24.3 Å². The number of aromatic nitrogens is 1. The number of primary amides is 1. The van der Waals surface area contributed by atoms with Crippen molar-refractivity contribution in [2.24, 2.45) is 17.6 Å². The van der Waals surface area contributed by atoms with Crippen molar-refractivity contribution in [3.05, 3.63) is 17.8 Å². The zero-order chi connectivity index (χ0) is 11.7. The fourth-order valence-corrected chi connectivity index (χ4v) is 1.72. The zero-order valence-corrected chi connectivity index (χ0v) is 9.23. The molecule has 0 aliphatic heterocycles. The number of nitrogens with one attached hydrogen (secondary N) is 1. The average molecular weight is 220 g/mol. The standard InChI is InChI=1S/C11H16N4O/c1-6-2-7(6)4-14-11-9(10(13)16)3-8(12)5-15-11/h3,5-7H,2,4,12H2,1H3,(H2,13,16)(H,14,15). The summed E-state index contributed by atoms with van der Waals surface area (Å²) in [5.41, 5.74) is 11.6.